The Kier molecular flexibility index (Phi) is 4.45. The monoisotopic (exact) mass is 350 g/mol. The molecule has 1 aliphatic rings. The fourth-order valence-corrected chi connectivity index (χ4v) is 3.09. The number of hydrogen-bond donors (Lipinski definition) is 3. The van der Waals surface area contributed by atoms with Crippen LogP contribution < -0.4 is 16.8 Å². The van der Waals surface area contributed by atoms with Crippen LogP contribution >= 0.6 is 0 Å². The Hall–Kier alpha value is -3.60. The van der Waals surface area contributed by atoms with E-state index in [-0.39, 0.29) is 18.4 Å². The molecule has 0 spiro atoms. The van der Waals surface area contributed by atoms with Crippen molar-refractivity contribution < 1.29 is 9.53 Å². The number of fused-ring (bicyclic) bond motifs is 1. The molecule has 8 nitrogen and oxygen atoms in total. The van der Waals surface area contributed by atoms with Crippen LogP contribution in [-0.2, 0) is 9.53 Å². The highest BCUT2D eigenvalue weighted by molar-refractivity contribution is 5.95. The summed E-state index contributed by atoms with van der Waals surface area (Å²) in [7, 11) is 0. The summed E-state index contributed by atoms with van der Waals surface area (Å²) in [6, 6.07) is 9.08. The van der Waals surface area contributed by atoms with Gasteiger partial charge in [-0.15, -0.1) is 0 Å². The fraction of sp³-hybridized carbons (Fsp3) is 0.222. The lowest BCUT2D eigenvalue weighted by Crippen LogP contribution is -2.26. The SMILES string of the molecule is CCOC(=O)C1=C(C)Nc2nc(N)nc(N)c2C1c1cccc(C#N)c1. The molecule has 0 saturated heterocycles. The van der Waals surface area contributed by atoms with E-state index in [1.54, 1.807) is 32.0 Å². The molecule has 8 heteroatoms. The van der Waals surface area contributed by atoms with Crippen LogP contribution in [0.3, 0.4) is 0 Å². The van der Waals surface area contributed by atoms with Crippen LogP contribution in [0, 0.1) is 11.3 Å². The first kappa shape index (κ1) is 17.2. The predicted octanol–water partition coefficient (Wildman–Crippen LogP) is 1.91. The molecule has 5 N–H and O–H groups in total. The molecule has 1 aliphatic heterocycles. The van der Waals surface area contributed by atoms with Gasteiger partial charge in [-0.25, -0.2) is 4.79 Å². The van der Waals surface area contributed by atoms with Gasteiger partial charge < -0.3 is 21.5 Å². The Bertz CT molecular complexity index is 961. The number of hydrogen-bond acceptors (Lipinski definition) is 8. The second-order valence-corrected chi connectivity index (χ2v) is 5.78. The maximum absolute atomic E-state index is 12.6. The number of nitrogen functional groups attached to an aromatic ring is 2. The Morgan fingerprint density at radius 1 is 1.38 bits per heavy atom. The predicted molar refractivity (Wildman–Crippen MR) is 96.8 cm³/mol. The Labute approximate surface area is 150 Å². The molecule has 0 fully saturated rings. The van der Waals surface area contributed by atoms with Crippen molar-refractivity contribution in [1.29, 1.82) is 5.26 Å². The molecule has 2 aromatic rings. The molecule has 0 radical (unpaired) electrons. The molecule has 2 heterocycles. The average molecular weight is 350 g/mol. The number of ether oxygens (including phenoxy) is 1. The normalized spacial score (nSPS) is 15.7. The molecular formula is C18H18N6O2. The number of anilines is 3. The standard InChI is InChI=1S/C18H18N6O2/c1-3-26-17(25)12-9(2)22-16-14(15(20)23-18(21)24-16)13(12)11-6-4-5-10(7-11)8-19/h4-7,13H,3H2,1-2H3,(H5,20,21,22,23,24). The maximum atomic E-state index is 12.6. The molecule has 1 aromatic heterocycles. The first-order chi connectivity index (χ1) is 12.5. The lowest BCUT2D eigenvalue weighted by atomic mass is 9.81. The molecule has 26 heavy (non-hydrogen) atoms. The molecule has 132 valence electrons. The number of nitrogens with one attached hydrogen (secondary N) is 1. The second kappa shape index (κ2) is 6.72. The van der Waals surface area contributed by atoms with Crippen molar-refractivity contribution in [2.45, 2.75) is 19.8 Å². The quantitative estimate of drug-likeness (QED) is 0.713. The van der Waals surface area contributed by atoms with Gasteiger partial charge in [0, 0.05) is 11.3 Å². The van der Waals surface area contributed by atoms with Gasteiger partial charge in [0.15, 0.2) is 0 Å². The van der Waals surface area contributed by atoms with Crippen LogP contribution in [0.1, 0.15) is 36.5 Å². The maximum Gasteiger partial charge on any atom is 0.336 e. The zero-order chi connectivity index (χ0) is 18.8. The van der Waals surface area contributed by atoms with E-state index >= 15 is 0 Å². The van der Waals surface area contributed by atoms with Gasteiger partial charge in [-0.1, -0.05) is 12.1 Å². The van der Waals surface area contributed by atoms with Gasteiger partial charge >= 0.3 is 5.97 Å². The summed E-state index contributed by atoms with van der Waals surface area (Å²) in [6.07, 6.45) is 0. The van der Waals surface area contributed by atoms with Crippen molar-refractivity contribution in [1.82, 2.24) is 9.97 Å². The third-order valence-corrected chi connectivity index (χ3v) is 4.12. The van der Waals surface area contributed by atoms with Gasteiger partial charge in [0.2, 0.25) is 5.95 Å². The van der Waals surface area contributed by atoms with Gasteiger partial charge in [0.1, 0.15) is 11.6 Å². The number of nitrogens with two attached hydrogens (primary N) is 2. The van der Waals surface area contributed by atoms with Crippen molar-refractivity contribution in [2.24, 2.45) is 0 Å². The first-order valence-corrected chi connectivity index (χ1v) is 8.04. The summed E-state index contributed by atoms with van der Waals surface area (Å²) in [5, 5.41) is 12.3. The summed E-state index contributed by atoms with van der Waals surface area (Å²) in [5.41, 5.74) is 14.5. The largest absolute Gasteiger partial charge is 0.463 e. The zero-order valence-corrected chi connectivity index (χ0v) is 14.4. The van der Waals surface area contributed by atoms with Crippen molar-refractivity contribution in [3.05, 3.63) is 52.2 Å². The fourth-order valence-electron chi connectivity index (χ4n) is 3.09. The number of allylic oxidation sites excluding steroid dienone is 1. The van der Waals surface area contributed by atoms with E-state index in [2.05, 4.69) is 21.4 Å². The van der Waals surface area contributed by atoms with Crippen LogP contribution in [0.2, 0.25) is 0 Å². The number of rotatable bonds is 3. The van der Waals surface area contributed by atoms with Gasteiger partial charge in [0.05, 0.1) is 29.7 Å². The third-order valence-electron chi connectivity index (χ3n) is 4.12. The molecule has 0 saturated carbocycles. The van der Waals surface area contributed by atoms with E-state index in [0.29, 0.717) is 33.8 Å². The summed E-state index contributed by atoms with van der Waals surface area (Å²) in [5.74, 6) is -0.397. The van der Waals surface area contributed by atoms with Crippen LogP contribution in [0.4, 0.5) is 17.6 Å². The lowest BCUT2D eigenvalue weighted by Gasteiger charge is -2.30. The Balaban J connectivity index is 2.27. The van der Waals surface area contributed by atoms with E-state index < -0.39 is 11.9 Å². The minimum atomic E-state index is -0.570. The number of nitriles is 1. The number of carbonyl (C=O) groups is 1. The van der Waals surface area contributed by atoms with Crippen molar-refractivity contribution in [3.63, 3.8) is 0 Å². The number of nitrogens with zero attached hydrogens (tertiary/aromatic N) is 3. The topological polar surface area (TPSA) is 140 Å². The van der Waals surface area contributed by atoms with Gasteiger partial charge in [0.25, 0.3) is 0 Å². The second-order valence-electron chi connectivity index (χ2n) is 5.78. The molecular weight excluding hydrogens is 332 g/mol. The third kappa shape index (κ3) is 2.91. The molecule has 0 amide bonds. The van der Waals surface area contributed by atoms with Crippen LogP contribution in [0.5, 0.6) is 0 Å². The molecule has 0 bridgehead atoms. The van der Waals surface area contributed by atoms with E-state index in [1.165, 1.54) is 0 Å². The first-order valence-electron chi connectivity index (χ1n) is 8.04. The zero-order valence-electron chi connectivity index (χ0n) is 14.4. The summed E-state index contributed by atoms with van der Waals surface area (Å²) in [6.45, 7) is 3.73. The lowest BCUT2D eigenvalue weighted by molar-refractivity contribution is -0.138. The van der Waals surface area contributed by atoms with Gasteiger partial charge in [-0.3, -0.25) is 0 Å². The number of benzene rings is 1. The van der Waals surface area contributed by atoms with E-state index in [0.717, 1.165) is 0 Å². The highest BCUT2D eigenvalue weighted by atomic mass is 16.5. The minimum Gasteiger partial charge on any atom is -0.463 e. The van der Waals surface area contributed by atoms with Crippen molar-refractivity contribution in [3.8, 4) is 6.07 Å². The summed E-state index contributed by atoms with van der Waals surface area (Å²) >= 11 is 0. The molecule has 3 rings (SSSR count). The van der Waals surface area contributed by atoms with E-state index in [9.17, 15) is 10.1 Å². The molecule has 1 aromatic carbocycles. The van der Waals surface area contributed by atoms with Gasteiger partial charge in [-0.2, -0.15) is 15.2 Å². The number of carbonyl (C=O) groups excluding carboxylic acids is 1. The highest BCUT2D eigenvalue weighted by Crippen LogP contribution is 2.44. The Morgan fingerprint density at radius 2 is 2.15 bits per heavy atom. The van der Waals surface area contributed by atoms with Crippen LogP contribution in [-0.4, -0.2) is 22.5 Å². The van der Waals surface area contributed by atoms with Crippen molar-refractivity contribution in [2.75, 3.05) is 23.4 Å². The smallest absolute Gasteiger partial charge is 0.336 e. The summed E-state index contributed by atoms with van der Waals surface area (Å²) < 4.78 is 5.23. The number of aromatic nitrogens is 2. The van der Waals surface area contributed by atoms with Crippen LogP contribution in [0.15, 0.2) is 35.5 Å². The van der Waals surface area contributed by atoms with E-state index in [1.807, 2.05) is 6.07 Å². The minimum absolute atomic E-state index is 0.0330. The summed E-state index contributed by atoms with van der Waals surface area (Å²) in [4.78, 5) is 20.9. The highest BCUT2D eigenvalue weighted by Gasteiger charge is 2.36. The van der Waals surface area contributed by atoms with E-state index in [4.69, 9.17) is 16.2 Å². The molecule has 1 unspecified atom stereocenters. The van der Waals surface area contributed by atoms with Crippen LogP contribution in [0.25, 0.3) is 0 Å². The van der Waals surface area contributed by atoms with Gasteiger partial charge in [-0.05, 0) is 31.5 Å². The number of esters is 1. The Morgan fingerprint density at radius 3 is 2.85 bits per heavy atom. The molecule has 0 aliphatic carbocycles. The van der Waals surface area contributed by atoms with Crippen molar-refractivity contribution >= 4 is 23.6 Å². The molecule has 1 atom stereocenters. The average Bonchev–Trinajstić information content (AvgIpc) is 2.60.